The summed E-state index contributed by atoms with van der Waals surface area (Å²) in [5, 5.41) is 12.1. The number of carbonyl (C=O) groups is 1. The van der Waals surface area contributed by atoms with Crippen molar-refractivity contribution in [2.75, 3.05) is 52.5 Å². The minimum Gasteiger partial charge on any atom is -0.379 e. The number of rotatable bonds is 8. The van der Waals surface area contributed by atoms with Gasteiger partial charge in [-0.3, -0.25) is 19.8 Å². The average Bonchev–Trinajstić information content (AvgIpc) is 3.11. The SMILES string of the molecule is I.NC(=NCCCN1CCOCC1)NCCNC(=O)c1ccn[nH]1. The lowest BCUT2D eigenvalue weighted by molar-refractivity contribution is 0.0377. The van der Waals surface area contributed by atoms with E-state index in [-0.39, 0.29) is 29.9 Å². The Labute approximate surface area is 158 Å². The molecule has 0 radical (unpaired) electrons. The minimum absolute atomic E-state index is 0. The highest BCUT2D eigenvalue weighted by Crippen LogP contribution is 1.97. The number of nitrogens with zero attached hydrogens (tertiary/aromatic N) is 3. The van der Waals surface area contributed by atoms with E-state index in [1.165, 1.54) is 6.20 Å². The number of halogens is 1. The number of guanidine groups is 1. The molecule has 1 aliphatic heterocycles. The number of ether oxygens (including phenoxy) is 1. The number of aromatic nitrogens is 2. The van der Waals surface area contributed by atoms with Crippen LogP contribution in [0.4, 0.5) is 0 Å². The summed E-state index contributed by atoms with van der Waals surface area (Å²) in [7, 11) is 0. The number of hydrogen-bond donors (Lipinski definition) is 4. The maximum atomic E-state index is 11.6. The third-order valence-electron chi connectivity index (χ3n) is 3.48. The first kappa shape index (κ1) is 20.6. The van der Waals surface area contributed by atoms with Crippen LogP contribution in [0, 0.1) is 0 Å². The number of nitrogens with one attached hydrogen (secondary N) is 3. The predicted octanol–water partition coefficient (Wildman–Crippen LogP) is -0.616. The summed E-state index contributed by atoms with van der Waals surface area (Å²) in [5.41, 5.74) is 6.22. The Hall–Kier alpha value is -1.40. The number of carbonyl (C=O) groups excluding carboxylic acids is 1. The second-order valence-corrected chi connectivity index (χ2v) is 5.23. The molecule has 1 amide bonds. The standard InChI is InChI=1S/C14H25N7O2.HI/c15-14(17-3-1-7-21-8-10-23-11-9-21)18-6-5-16-13(22)12-2-4-19-20-12;/h2,4H,1,3,5-11H2,(H,16,22)(H,19,20)(H3,15,17,18);1H. The Morgan fingerprint density at radius 2 is 2.12 bits per heavy atom. The molecule has 1 aromatic rings. The third-order valence-corrected chi connectivity index (χ3v) is 3.48. The first-order valence-corrected chi connectivity index (χ1v) is 7.87. The highest BCUT2D eigenvalue weighted by Gasteiger charge is 2.09. The Morgan fingerprint density at radius 1 is 1.38 bits per heavy atom. The van der Waals surface area contributed by atoms with E-state index in [0.717, 1.165) is 39.3 Å². The van der Waals surface area contributed by atoms with Crippen molar-refractivity contribution in [3.8, 4) is 0 Å². The van der Waals surface area contributed by atoms with Gasteiger partial charge in [-0.05, 0) is 12.5 Å². The molecule has 2 rings (SSSR count). The summed E-state index contributed by atoms with van der Waals surface area (Å²) in [4.78, 5) is 18.3. The van der Waals surface area contributed by atoms with Crippen molar-refractivity contribution < 1.29 is 9.53 Å². The van der Waals surface area contributed by atoms with E-state index in [1.807, 2.05) is 0 Å². The third kappa shape index (κ3) is 7.93. The molecule has 1 saturated heterocycles. The zero-order valence-corrected chi connectivity index (χ0v) is 16.0. The van der Waals surface area contributed by atoms with E-state index in [1.54, 1.807) is 6.07 Å². The second kappa shape index (κ2) is 12.0. The van der Waals surface area contributed by atoms with Crippen LogP contribution in [0.25, 0.3) is 0 Å². The zero-order chi connectivity index (χ0) is 16.3. The number of morpholine rings is 1. The molecule has 0 aromatic carbocycles. The summed E-state index contributed by atoms with van der Waals surface area (Å²) in [6, 6.07) is 1.62. The molecule has 2 heterocycles. The fourth-order valence-corrected chi connectivity index (χ4v) is 2.22. The molecule has 10 heteroatoms. The van der Waals surface area contributed by atoms with E-state index < -0.39 is 0 Å². The van der Waals surface area contributed by atoms with Gasteiger partial charge in [-0.15, -0.1) is 24.0 Å². The second-order valence-electron chi connectivity index (χ2n) is 5.23. The maximum absolute atomic E-state index is 11.6. The minimum atomic E-state index is -0.190. The molecule has 0 atom stereocenters. The first-order chi connectivity index (χ1) is 11.3. The first-order valence-electron chi connectivity index (χ1n) is 7.87. The lowest BCUT2D eigenvalue weighted by atomic mass is 10.3. The smallest absolute Gasteiger partial charge is 0.269 e. The molecular weight excluding hydrogens is 425 g/mol. The van der Waals surface area contributed by atoms with Gasteiger partial charge in [0.1, 0.15) is 5.69 Å². The van der Waals surface area contributed by atoms with E-state index in [2.05, 4.69) is 30.7 Å². The molecule has 1 aliphatic rings. The van der Waals surface area contributed by atoms with Gasteiger partial charge in [-0.25, -0.2) is 0 Å². The Bertz CT molecular complexity index is 489. The predicted molar refractivity (Wildman–Crippen MR) is 103 cm³/mol. The molecular formula is C14H26IN7O2. The molecule has 1 fully saturated rings. The van der Waals surface area contributed by atoms with Gasteiger partial charge in [-0.2, -0.15) is 5.10 Å². The van der Waals surface area contributed by atoms with Crippen molar-refractivity contribution in [2.45, 2.75) is 6.42 Å². The van der Waals surface area contributed by atoms with Crippen molar-refractivity contribution in [2.24, 2.45) is 10.7 Å². The summed E-state index contributed by atoms with van der Waals surface area (Å²) < 4.78 is 5.30. The topological polar surface area (TPSA) is 121 Å². The zero-order valence-electron chi connectivity index (χ0n) is 13.7. The van der Waals surface area contributed by atoms with Gasteiger partial charge in [0.05, 0.1) is 13.2 Å². The molecule has 0 spiro atoms. The average molecular weight is 451 g/mol. The Kier molecular flexibility index (Phi) is 10.4. The van der Waals surface area contributed by atoms with Crippen molar-refractivity contribution in [1.29, 1.82) is 0 Å². The number of H-pyrrole nitrogens is 1. The molecule has 0 saturated carbocycles. The van der Waals surface area contributed by atoms with Gasteiger partial charge in [0.15, 0.2) is 5.96 Å². The number of amides is 1. The van der Waals surface area contributed by atoms with Gasteiger partial charge in [0, 0.05) is 45.5 Å². The highest BCUT2D eigenvalue weighted by molar-refractivity contribution is 14.0. The quantitative estimate of drug-likeness (QED) is 0.181. The van der Waals surface area contributed by atoms with Crippen molar-refractivity contribution >= 4 is 35.8 Å². The summed E-state index contributed by atoms with van der Waals surface area (Å²) >= 11 is 0. The van der Waals surface area contributed by atoms with Crippen LogP contribution in [0.3, 0.4) is 0 Å². The van der Waals surface area contributed by atoms with Crippen LogP contribution in [-0.2, 0) is 4.74 Å². The molecule has 136 valence electrons. The molecule has 0 aliphatic carbocycles. The molecule has 9 nitrogen and oxygen atoms in total. The largest absolute Gasteiger partial charge is 0.379 e. The number of aromatic amines is 1. The highest BCUT2D eigenvalue weighted by atomic mass is 127. The van der Waals surface area contributed by atoms with E-state index in [4.69, 9.17) is 10.5 Å². The number of aliphatic imine (C=N–C) groups is 1. The summed E-state index contributed by atoms with van der Waals surface area (Å²) in [6.07, 6.45) is 2.51. The maximum Gasteiger partial charge on any atom is 0.269 e. The Balaban J connectivity index is 0.00000288. The lowest BCUT2D eigenvalue weighted by Crippen LogP contribution is -2.39. The monoisotopic (exact) mass is 451 g/mol. The summed E-state index contributed by atoms with van der Waals surface area (Å²) in [5.74, 6) is 0.216. The van der Waals surface area contributed by atoms with Crippen LogP contribution in [0.1, 0.15) is 16.9 Å². The summed E-state index contributed by atoms with van der Waals surface area (Å²) in [6.45, 7) is 6.31. The van der Waals surface area contributed by atoms with Crippen LogP contribution in [-0.4, -0.2) is 79.4 Å². The van der Waals surface area contributed by atoms with Crippen LogP contribution in [0.2, 0.25) is 0 Å². The van der Waals surface area contributed by atoms with Gasteiger partial charge < -0.3 is 21.1 Å². The van der Waals surface area contributed by atoms with Gasteiger partial charge in [0.25, 0.3) is 5.91 Å². The number of nitrogens with two attached hydrogens (primary N) is 1. The number of hydrogen-bond acceptors (Lipinski definition) is 5. The molecule has 0 bridgehead atoms. The fraction of sp³-hybridized carbons (Fsp3) is 0.643. The molecule has 1 aromatic heterocycles. The van der Waals surface area contributed by atoms with Crippen LogP contribution in [0.5, 0.6) is 0 Å². The lowest BCUT2D eigenvalue weighted by Gasteiger charge is -2.26. The van der Waals surface area contributed by atoms with Gasteiger partial charge in [-0.1, -0.05) is 0 Å². The van der Waals surface area contributed by atoms with Crippen LogP contribution >= 0.6 is 24.0 Å². The molecule has 24 heavy (non-hydrogen) atoms. The van der Waals surface area contributed by atoms with Gasteiger partial charge >= 0.3 is 0 Å². The Morgan fingerprint density at radius 3 is 2.83 bits per heavy atom. The van der Waals surface area contributed by atoms with Crippen molar-refractivity contribution in [1.82, 2.24) is 25.7 Å². The molecule has 0 unspecified atom stereocenters. The normalized spacial score (nSPS) is 15.6. The van der Waals surface area contributed by atoms with Gasteiger partial charge in [0.2, 0.25) is 0 Å². The fourth-order valence-electron chi connectivity index (χ4n) is 2.22. The van der Waals surface area contributed by atoms with Crippen molar-refractivity contribution in [3.05, 3.63) is 18.0 Å². The molecule has 5 N–H and O–H groups in total. The van der Waals surface area contributed by atoms with Crippen LogP contribution < -0.4 is 16.4 Å². The van der Waals surface area contributed by atoms with Crippen molar-refractivity contribution in [3.63, 3.8) is 0 Å². The van der Waals surface area contributed by atoms with E-state index >= 15 is 0 Å². The van der Waals surface area contributed by atoms with E-state index in [9.17, 15) is 4.79 Å². The van der Waals surface area contributed by atoms with E-state index in [0.29, 0.717) is 31.3 Å². The van der Waals surface area contributed by atoms with Crippen LogP contribution in [0.15, 0.2) is 17.3 Å².